The average Bonchev–Trinajstić information content (AvgIpc) is 2.74. The number of rotatable bonds is 6. The molecule has 0 spiro atoms. The Kier molecular flexibility index (Phi) is 5.99. The van der Waals surface area contributed by atoms with E-state index in [2.05, 4.69) is 20.2 Å². The molecule has 0 radical (unpaired) electrons. The van der Waals surface area contributed by atoms with Crippen LogP contribution in [-0.4, -0.2) is 60.1 Å². The zero-order chi connectivity index (χ0) is 20.1. The molecule has 10 nitrogen and oxygen atoms in total. The molecule has 0 unspecified atom stereocenters. The summed E-state index contributed by atoms with van der Waals surface area (Å²) in [6.07, 6.45) is 3.43. The zero-order valence-electron chi connectivity index (χ0n) is 15.8. The summed E-state index contributed by atoms with van der Waals surface area (Å²) in [4.78, 5) is 34.9. The van der Waals surface area contributed by atoms with E-state index in [4.69, 9.17) is 4.74 Å². The van der Waals surface area contributed by atoms with Crippen LogP contribution in [0.5, 0.6) is 5.75 Å². The van der Waals surface area contributed by atoms with Crippen molar-refractivity contribution in [3.05, 3.63) is 46.8 Å². The van der Waals surface area contributed by atoms with E-state index in [0.29, 0.717) is 11.6 Å². The third-order valence-corrected chi connectivity index (χ3v) is 4.90. The Balaban J connectivity index is 1.60. The molecule has 1 aliphatic rings. The minimum absolute atomic E-state index is 0.0900. The van der Waals surface area contributed by atoms with Gasteiger partial charge in [-0.3, -0.25) is 14.9 Å². The van der Waals surface area contributed by atoms with Crippen molar-refractivity contribution in [3.63, 3.8) is 0 Å². The lowest BCUT2D eigenvalue weighted by atomic mass is 10.2. The van der Waals surface area contributed by atoms with Crippen LogP contribution in [0.3, 0.4) is 0 Å². The monoisotopic (exact) mass is 387 g/mol. The highest BCUT2D eigenvalue weighted by atomic mass is 16.6. The molecule has 2 N–H and O–H groups in total. The van der Waals surface area contributed by atoms with Gasteiger partial charge in [-0.15, -0.1) is 0 Å². The van der Waals surface area contributed by atoms with Crippen molar-refractivity contribution in [2.24, 2.45) is 0 Å². The maximum Gasteiger partial charge on any atom is 0.282 e. The van der Waals surface area contributed by atoms with Gasteiger partial charge in [0, 0.05) is 18.5 Å². The Labute approximate surface area is 162 Å². The summed E-state index contributed by atoms with van der Waals surface area (Å²) in [6, 6.07) is 5.63. The van der Waals surface area contributed by atoms with Crippen LogP contribution in [-0.2, 0) is 4.79 Å². The second-order valence-corrected chi connectivity index (χ2v) is 6.55. The second-order valence-electron chi connectivity index (χ2n) is 6.55. The van der Waals surface area contributed by atoms with Crippen molar-refractivity contribution in [1.82, 2.24) is 9.97 Å². The topological polar surface area (TPSA) is 115 Å². The van der Waals surface area contributed by atoms with Crippen molar-refractivity contribution < 1.29 is 19.4 Å². The molecule has 1 atom stereocenters. The normalized spacial score (nSPS) is 15.7. The van der Waals surface area contributed by atoms with Gasteiger partial charge >= 0.3 is 0 Å². The Morgan fingerprint density at radius 1 is 1.32 bits per heavy atom. The molecule has 1 aromatic carbocycles. The van der Waals surface area contributed by atoms with Gasteiger partial charge in [0.25, 0.3) is 11.6 Å². The molecule has 1 amide bonds. The van der Waals surface area contributed by atoms with Crippen LogP contribution in [0.1, 0.15) is 6.92 Å². The largest absolute Gasteiger partial charge is 0.494 e. The minimum atomic E-state index is -0.503. The smallest absolute Gasteiger partial charge is 0.282 e. The first-order chi connectivity index (χ1) is 13.5. The summed E-state index contributed by atoms with van der Waals surface area (Å²) >= 11 is 0. The van der Waals surface area contributed by atoms with Gasteiger partial charge in [-0.1, -0.05) is 0 Å². The Morgan fingerprint density at radius 3 is 2.61 bits per heavy atom. The highest BCUT2D eigenvalue weighted by Crippen LogP contribution is 2.28. The molecule has 2 heterocycles. The number of carbonyl (C=O) groups excluding carboxylic acids is 1. The molecule has 2 aromatic rings. The fourth-order valence-electron chi connectivity index (χ4n) is 3.20. The van der Waals surface area contributed by atoms with E-state index >= 15 is 0 Å². The number of ether oxygens (including phenoxy) is 1. The maximum atomic E-state index is 12.7. The summed E-state index contributed by atoms with van der Waals surface area (Å²) in [6.45, 7) is 4.96. The molecular weight excluding hydrogens is 364 g/mol. The van der Waals surface area contributed by atoms with E-state index in [1.54, 1.807) is 18.5 Å². The van der Waals surface area contributed by atoms with Gasteiger partial charge in [0.05, 0.1) is 50.0 Å². The fourth-order valence-corrected chi connectivity index (χ4v) is 3.20. The van der Waals surface area contributed by atoms with E-state index in [1.807, 2.05) is 6.92 Å². The van der Waals surface area contributed by atoms with Crippen LogP contribution in [0.2, 0.25) is 0 Å². The maximum absolute atomic E-state index is 12.7. The highest BCUT2D eigenvalue weighted by molar-refractivity contribution is 5.95. The highest BCUT2D eigenvalue weighted by Gasteiger charge is 2.30. The summed E-state index contributed by atoms with van der Waals surface area (Å²) in [7, 11) is 1.41. The van der Waals surface area contributed by atoms with E-state index < -0.39 is 4.92 Å². The number of hydrogen-bond donors (Lipinski definition) is 2. The molecule has 0 bridgehead atoms. The number of benzene rings is 1. The molecule has 28 heavy (non-hydrogen) atoms. The number of non-ortho nitro benzene ring substituents is 1. The van der Waals surface area contributed by atoms with Gasteiger partial charge in [-0.05, 0) is 19.1 Å². The van der Waals surface area contributed by atoms with E-state index in [9.17, 15) is 14.9 Å². The standard InChI is InChI=1S/C18H22N6O4/c1-13(22-8-10-23(11-9-22)18-19-6-3-7-20-18)17(25)21-15-5-4-14(24(26)27)12-16(15)28-2/h3-7,12-13H,8-11H2,1-2H3,(H,21,25)/p+1/t13-/m1/s1. The van der Waals surface area contributed by atoms with Crippen molar-refractivity contribution in [2.75, 3.05) is 43.5 Å². The van der Waals surface area contributed by atoms with Crippen LogP contribution < -0.4 is 19.9 Å². The quantitative estimate of drug-likeness (QED) is 0.535. The number of amides is 1. The number of piperazine rings is 1. The summed E-state index contributed by atoms with van der Waals surface area (Å²) in [5.74, 6) is 0.802. The summed E-state index contributed by atoms with van der Waals surface area (Å²) in [5.41, 5.74) is 0.327. The number of nitro benzene ring substituents is 1. The predicted octanol–water partition coefficient (Wildman–Crippen LogP) is 0.126. The number of nitrogens with one attached hydrogen (secondary N) is 2. The lowest BCUT2D eigenvalue weighted by Crippen LogP contribution is -3.19. The molecule has 0 saturated carbocycles. The molecule has 10 heteroatoms. The number of nitrogens with zero attached hydrogens (tertiary/aromatic N) is 4. The second kappa shape index (κ2) is 8.61. The van der Waals surface area contributed by atoms with Crippen molar-refractivity contribution in [1.29, 1.82) is 0 Å². The molecular formula is C18H23N6O4+. The van der Waals surface area contributed by atoms with Crippen LogP contribution in [0.4, 0.5) is 17.3 Å². The van der Waals surface area contributed by atoms with Gasteiger partial charge in [-0.25, -0.2) is 9.97 Å². The zero-order valence-corrected chi connectivity index (χ0v) is 15.8. The third kappa shape index (κ3) is 4.34. The third-order valence-electron chi connectivity index (χ3n) is 4.90. The van der Waals surface area contributed by atoms with Crippen LogP contribution in [0.15, 0.2) is 36.7 Å². The molecule has 1 aliphatic heterocycles. The fraction of sp³-hybridized carbons (Fsp3) is 0.389. The average molecular weight is 387 g/mol. The van der Waals surface area contributed by atoms with Crippen LogP contribution in [0.25, 0.3) is 0 Å². The Hall–Kier alpha value is -3.27. The molecule has 1 fully saturated rings. The van der Waals surface area contributed by atoms with E-state index in [-0.39, 0.29) is 23.4 Å². The van der Waals surface area contributed by atoms with Crippen LogP contribution in [0, 0.1) is 10.1 Å². The summed E-state index contributed by atoms with van der Waals surface area (Å²) in [5, 5.41) is 13.7. The SMILES string of the molecule is COc1cc([N+](=O)[O-])ccc1NC(=O)[C@@H](C)[NH+]1CCN(c2ncccn2)CC1. The lowest BCUT2D eigenvalue weighted by Gasteiger charge is -2.34. The number of anilines is 2. The first-order valence-corrected chi connectivity index (χ1v) is 8.99. The lowest BCUT2D eigenvalue weighted by molar-refractivity contribution is -0.914. The van der Waals surface area contributed by atoms with Gasteiger partial charge in [0.2, 0.25) is 5.95 Å². The molecule has 3 rings (SSSR count). The number of methoxy groups -OCH3 is 1. The van der Waals surface area contributed by atoms with Gasteiger partial charge < -0.3 is 19.9 Å². The molecule has 0 aliphatic carbocycles. The van der Waals surface area contributed by atoms with Crippen molar-refractivity contribution in [3.8, 4) is 5.75 Å². The Bertz CT molecular complexity index is 839. The van der Waals surface area contributed by atoms with Gasteiger partial charge in [-0.2, -0.15) is 0 Å². The van der Waals surface area contributed by atoms with Gasteiger partial charge in [0.1, 0.15) is 5.75 Å². The first kappa shape index (κ1) is 19.5. The number of hydrogen-bond acceptors (Lipinski definition) is 7. The molecule has 1 saturated heterocycles. The Morgan fingerprint density at radius 2 is 2.00 bits per heavy atom. The van der Waals surface area contributed by atoms with Crippen molar-refractivity contribution in [2.45, 2.75) is 13.0 Å². The predicted molar refractivity (Wildman–Crippen MR) is 103 cm³/mol. The number of carbonyl (C=O) groups is 1. The molecule has 148 valence electrons. The minimum Gasteiger partial charge on any atom is -0.494 e. The molecule has 1 aromatic heterocycles. The van der Waals surface area contributed by atoms with Crippen molar-refractivity contribution >= 4 is 23.2 Å². The number of aromatic nitrogens is 2. The number of quaternary nitrogens is 1. The van der Waals surface area contributed by atoms with E-state index in [0.717, 1.165) is 31.1 Å². The summed E-state index contributed by atoms with van der Waals surface area (Å²) < 4.78 is 5.18. The van der Waals surface area contributed by atoms with E-state index in [1.165, 1.54) is 25.3 Å². The first-order valence-electron chi connectivity index (χ1n) is 8.99. The van der Waals surface area contributed by atoms with Gasteiger partial charge in [0.15, 0.2) is 6.04 Å². The number of nitro groups is 1. The van der Waals surface area contributed by atoms with Crippen LogP contribution >= 0.6 is 0 Å².